The second-order valence-corrected chi connectivity index (χ2v) is 14.0. The van der Waals surface area contributed by atoms with Crippen molar-refractivity contribution in [3.8, 4) is 84.7 Å². The molecule has 1 aliphatic rings. The molecule has 0 unspecified atom stereocenters. The van der Waals surface area contributed by atoms with E-state index in [0.717, 1.165) is 66.8 Å². The number of aromatic nitrogens is 3. The van der Waals surface area contributed by atoms with Crippen LogP contribution in [0.4, 0.5) is 0 Å². The maximum atomic E-state index is 9.84. The molecule has 1 aliphatic carbocycles. The van der Waals surface area contributed by atoms with Crippen molar-refractivity contribution >= 4 is 0 Å². The van der Waals surface area contributed by atoms with Gasteiger partial charge in [-0.2, -0.15) is 5.26 Å². The van der Waals surface area contributed by atoms with Crippen molar-refractivity contribution in [3.05, 3.63) is 187 Å². The first-order valence-corrected chi connectivity index (χ1v) is 17.8. The fourth-order valence-electron chi connectivity index (χ4n) is 7.57. The number of fused-ring (bicyclic) bond motifs is 3. The molecule has 0 saturated carbocycles. The van der Waals surface area contributed by atoms with Gasteiger partial charge in [-0.05, 0) is 74.3 Å². The molecule has 0 N–H and O–H groups in total. The second kappa shape index (κ2) is 13.0. The summed E-state index contributed by atoms with van der Waals surface area (Å²) in [6.07, 6.45) is 0. The SMILES string of the molecule is CC1(C)c2cc(-c3ccc(-c4cccc(-c5nc(-c6ccccc6)nc(-c6cccc(-c7ccccc7)c6)n5)c4)cc3)ccc2-c2c(C#N)cccc21. The third kappa shape index (κ3) is 5.79. The lowest BCUT2D eigenvalue weighted by Gasteiger charge is -2.22. The maximum Gasteiger partial charge on any atom is 0.164 e. The Balaban J connectivity index is 1.06. The molecule has 8 aromatic rings. The fraction of sp³-hybridized carbons (Fsp3) is 0.0612. The highest BCUT2D eigenvalue weighted by Gasteiger charge is 2.37. The molecule has 53 heavy (non-hydrogen) atoms. The highest BCUT2D eigenvalue weighted by Crippen LogP contribution is 2.50. The monoisotopic (exact) mass is 678 g/mol. The van der Waals surface area contributed by atoms with Gasteiger partial charge in [-0.15, -0.1) is 0 Å². The van der Waals surface area contributed by atoms with Gasteiger partial charge in [0.25, 0.3) is 0 Å². The number of hydrogen-bond donors (Lipinski definition) is 0. The van der Waals surface area contributed by atoms with Crippen LogP contribution in [-0.4, -0.2) is 15.0 Å². The molecular weight excluding hydrogens is 645 g/mol. The van der Waals surface area contributed by atoms with E-state index in [0.29, 0.717) is 17.5 Å². The average molecular weight is 679 g/mol. The maximum absolute atomic E-state index is 9.84. The Labute approximate surface area is 309 Å². The van der Waals surface area contributed by atoms with Gasteiger partial charge in [0.05, 0.1) is 11.6 Å². The summed E-state index contributed by atoms with van der Waals surface area (Å²) in [5, 5.41) is 9.84. The molecule has 1 aromatic heterocycles. The lowest BCUT2D eigenvalue weighted by molar-refractivity contribution is 0.660. The Hall–Kier alpha value is -6.96. The van der Waals surface area contributed by atoms with Crippen LogP contribution in [0.2, 0.25) is 0 Å². The summed E-state index contributed by atoms with van der Waals surface area (Å²) >= 11 is 0. The quantitative estimate of drug-likeness (QED) is 0.176. The van der Waals surface area contributed by atoms with Crippen molar-refractivity contribution in [1.29, 1.82) is 5.26 Å². The first-order valence-electron chi connectivity index (χ1n) is 17.8. The number of nitrogens with zero attached hydrogens (tertiary/aromatic N) is 4. The highest BCUT2D eigenvalue weighted by atomic mass is 15.0. The van der Waals surface area contributed by atoms with Gasteiger partial charge in [0.1, 0.15) is 0 Å². The van der Waals surface area contributed by atoms with Gasteiger partial charge >= 0.3 is 0 Å². The molecule has 0 bridgehead atoms. The smallest absolute Gasteiger partial charge is 0.164 e. The minimum atomic E-state index is -0.187. The molecule has 0 amide bonds. The zero-order valence-electron chi connectivity index (χ0n) is 29.5. The zero-order valence-corrected chi connectivity index (χ0v) is 29.5. The Kier molecular flexibility index (Phi) is 7.83. The van der Waals surface area contributed by atoms with Gasteiger partial charge in [-0.3, -0.25) is 0 Å². The van der Waals surface area contributed by atoms with Crippen LogP contribution in [0.15, 0.2) is 170 Å². The van der Waals surface area contributed by atoms with E-state index in [-0.39, 0.29) is 5.41 Å². The largest absolute Gasteiger partial charge is 0.208 e. The highest BCUT2D eigenvalue weighted by molar-refractivity contribution is 5.87. The first-order chi connectivity index (χ1) is 26.0. The topological polar surface area (TPSA) is 62.5 Å². The summed E-state index contributed by atoms with van der Waals surface area (Å²) in [6, 6.07) is 61.1. The van der Waals surface area contributed by atoms with Crippen molar-refractivity contribution in [2.75, 3.05) is 0 Å². The number of rotatable bonds is 6. The van der Waals surface area contributed by atoms with Crippen molar-refractivity contribution in [2.45, 2.75) is 19.3 Å². The van der Waals surface area contributed by atoms with Crippen molar-refractivity contribution in [3.63, 3.8) is 0 Å². The van der Waals surface area contributed by atoms with E-state index in [1.807, 2.05) is 48.5 Å². The molecular formula is C49H34N4. The van der Waals surface area contributed by atoms with Crippen LogP contribution >= 0.6 is 0 Å². The average Bonchev–Trinajstić information content (AvgIpc) is 3.47. The predicted octanol–water partition coefficient (Wildman–Crippen LogP) is 12.1. The van der Waals surface area contributed by atoms with Gasteiger partial charge in [-0.25, -0.2) is 15.0 Å². The van der Waals surface area contributed by atoms with Crippen LogP contribution in [-0.2, 0) is 5.41 Å². The summed E-state index contributed by atoms with van der Waals surface area (Å²) in [5.41, 5.74) is 14.8. The molecule has 0 radical (unpaired) electrons. The van der Waals surface area contributed by atoms with E-state index in [9.17, 15) is 5.26 Å². The lowest BCUT2D eigenvalue weighted by atomic mass is 9.81. The Bertz CT molecular complexity index is 2690. The van der Waals surface area contributed by atoms with Crippen LogP contribution < -0.4 is 0 Å². The number of benzene rings is 7. The zero-order chi connectivity index (χ0) is 35.9. The number of nitriles is 1. The molecule has 0 fully saturated rings. The van der Waals surface area contributed by atoms with Crippen molar-refractivity contribution < 1.29 is 0 Å². The molecule has 1 heterocycles. The van der Waals surface area contributed by atoms with E-state index in [1.165, 1.54) is 11.1 Å². The summed E-state index contributed by atoms with van der Waals surface area (Å²) in [7, 11) is 0. The third-order valence-corrected chi connectivity index (χ3v) is 10.4. The van der Waals surface area contributed by atoms with Gasteiger partial charge < -0.3 is 0 Å². The summed E-state index contributed by atoms with van der Waals surface area (Å²) < 4.78 is 0. The van der Waals surface area contributed by atoms with Gasteiger partial charge in [-0.1, -0.05) is 159 Å². The minimum Gasteiger partial charge on any atom is -0.208 e. The van der Waals surface area contributed by atoms with Gasteiger partial charge in [0, 0.05) is 27.7 Å². The van der Waals surface area contributed by atoms with E-state index < -0.39 is 0 Å². The fourth-order valence-corrected chi connectivity index (χ4v) is 7.57. The molecule has 0 spiro atoms. The summed E-state index contributed by atoms with van der Waals surface area (Å²) in [6.45, 7) is 4.50. The normalized spacial score (nSPS) is 12.5. The minimum absolute atomic E-state index is 0.187. The number of hydrogen-bond acceptors (Lipinski definition) is 4. The third-order valence-electron chi connectivity index (χ3n) is 10.4. The molecule has 0 aliphatic heterocycles. The van der Waals surface area contributed by atoms with E-state index >= 15 is 0 Å². The standard InChI is InChI=1S/C49H34N4/c1-49(2)43-21-11-20-41(31-50)45(43)42-27-26-38(30-44(42)49)34-24-22-33(23-25-34)37-17-10-19-40(29-37)48-52-46(35-14-7-4-8-15-35)51-47(53-48)39-18-9-16-36(28-39)32-12-5-3-6-13-32/h3-30H,1-2H3. The predicted molar refractivity (Wildman–Crippen MR) is 215 cm³/mol. The molecule has 7 aromatic carbocycles. The van der Waals surface area contributed by atoms with Crippen LogP contribution in [0.5, 0.6) is 0 Å². The van der Waals surface area contributed by atoms with Crippen LogP contribution in [0.3, 0.4) is 0 Å². The second-order valence-electron chi connectivity index (χ2n) is 14.0. The molecule has 0 saturated heterocycles. The van der Waals surface area contributed by atoms with Gasteiger partial charge in [0.2, 0.25) is 0 Å². The molecule has 0 atom stereocenters. The lowest BCUT2D eigenvalue weighted by Crippen LogP contribution is -2.15. The van der Waals surface area contributed by atoms with E-state index in [4.69, 9.17) is 15.0 Å². The van der Waals surface area contributed by atoms with Crippen LogP contribution in [0.1, 0.15) is 30.5 Å². The van der Waals surface area contributed by atoms with Crippen molar-refractivity contribution in [1.82, 2.24) is 15.0 Å². The van der Waals surface area contributed by atoms with E-state index in [1.54, 1.807) is 0 Å². The Morgan fingerprint density at radius 1 is 0.396 bits per heavy atom. The van der Waals surface area contributed by atoms with Crippen molar-refractivity contribution in [2.24, 2.45) is 0 Å². The van der Waals surface area contributed by atoms with Crippen LogP contribution in [0.25, 0.3) is 78.7 Å². The summed E-state index contributed by atoms with van der Waals surface area (Å²) in [5.74, 6) is 1.89. The van der Waals surface area contributed by atoms with E-state index in [2.05, 4.69) is 141 Å². The molecule has 9 rings (SSSR count). The first kappa shape index (κ1) is 32.0. The Morgan fingerprint density at radius 2 is 0.830 bits per heavy atom. The summed E-state index contributed by atoms with van der Waals surface area (Å²) in [4.78, 5) is 15.0. The molecule has 4 nitrogen and oxygen atoms in total. The van der Waals surface area contributed by atoms with Gasteiger partial charge in [0.15, 0.2) is 17.5 Å². The Morgan fingerprint density at radius 3 is 1.40 bits per heavy atom. The molecule has 4 heteroatoms. The molecule has 250 valence electrons. The van der Waals surface area contributed by atoms with Crippen LogP contribution in [0, 0.1) is 11.3 Å².